The topological polar surface area (TPSA) is 87.4 Å². The van der Waals surface area contributed by atoms with Crippen LogP contribution < -0.4 is 10.2 Å². The second-order valence-electron chi connectivity index (χ2n) is 6.79. The lowest BCUT2D eigenvalue weighted by Crippen LogP contribution is -2.46. The fourth-order valence-electron chi connectivity index (χ4n) is 3.19. The number of amides is 1. The summed E-state index contributed by atoms with van der Waals surface area (Å²) in [5.74, 6) is 1.35. The number of carbonyl (C=O) groups is 1. The molecule has 1 aliphatic heterocycles. The Morgan fingerprint density at radius 1 is 1.07 bits per heavy atom. The first kappa shape index (κ1) is 18.1. The first-order chi connectivity index (χ1) is 13.7. The standard InChI is InChI=1S/C20H22N6O2/c1-15-13-17(24-28-15)14-25-9-11-26(12-10-25)19-8-7-18(22-23-19)20(27)21-16-5-3-2-4-6-16/h2-8,13H,9-12,14H2,1H3,(H,21,27). The summed E-state index contributed by atoms with van der Waals surface area (Å²) in [4.78, 5) is 16.8. The van der Waals surface area contributed by atoms with Crippen LogP contribution in [0.25, 0.3) is 0 Å². The van der Waals surface area contributed by atoms with Gasteiger partial charge in [-0.1, -0.05) is 23.4 Å². The Kier molecular flexibility index (Phi) is 5.29. The molecule has 1 N–H and O–H groups in total. The maximum Gasteiger partial charge on any atom is 0.276 e. The molecule has 0 spiro atoms. The zero-order valence-electron chi connectivity index (χ0n) is 15.7. The summed E-state index contributed by atoms with van der Waals surface area (Å²) in [6.45, 7) is 6.20. The fraction of sp³-hybridized carbons (Fsp3) is 0.300. The number of nitrogens with one attached hydrogen (secondary N) is 1. The van der Waals surface area contributed by atoms with Gasteiger partial charge in [0, 0.05) is 44.5 Å². The van der Waals surface area contributed by atoms with Gasteiger partial charge in [0.15, 0.2) is 11.5 Å². The molecule has 1 aliphatic rings. The number of hydrogen-bond acceptors (Lipinski definition) is 7. The smallest absolute Gasteiger partial charge is 0.276 e. The van der Waals surface area contributed by atoms with Crippen molar-refractivity contribution >= 4 is 17.4 Å². The molecule has 0 bridgehead atoms. The van der Waals surface area contributed by atoms with Crippen molar-refractivity contribution in [2.75, 3.05) is 36.4 Å². The zero-order chi connectivity index (χ0) is 19.3. The predicted octanol–water partition coefficient (Wildman–Crippen LogP) is 2.35. The summed E-state index contributed by atoms with van der Waals surface area (Å²) in [5, 5.41) is 15.2. The highest BCUT2D eigenvalue weighted by Crippen LogP contribution is 2.15. The van der Waals surface area contributed by atoms with Crippen molar-refractivity contribution < 1.29 is 9.32 Å². The van der Waals surface area contributed by atoms with E-state index in [0.717, 1.165) is 55.7 Å². The zero-order valence-corrected chi connectivity index (χ0v) is 15.7. The van der Waals surface area contributed by atoms with E-state index in [9.17, 15) is 4.79 Å². The number of para-hydroxylation sites is 1. The molecule has 1 fully saturated rings. The molecule has 8 nitrogen and oxygen atoms in total. The summed E-state index contributed by atoms with van der Waals surface area (Å²) in [6, 6.07) is 14.8. The van der Waals surface area contributed by atoms with Gasteiger partial charge in [-0.3, -0.25) is 9.69 Å². The van der Waals surface area contributed by atoms with E-state index < -0.39 is 0 Å². The second-order valence-corrected chi connectivity index (χ2v) is 6.79. The van der Waals surface area contributed by atoms with Crippen LogP contribution in [-0.4, -0.2) is 52.3 Å². The van der Waals surface area contributed by atoms with Crippen molar-refractivity contribution in [1.29, 1.82) is 0 Å². The summed E-state index contributed by atoms with van der Waals surface area (Å²) < 4.78 is 5.13. The molecule has 4 rings (SSSR count). The van der Waals surface area contributed by atoms with Crippen molar-refractivity contribution in [3.05, 3.63) is 65.7 Å². The lowest BCUT2D eigenvalue weighted by Gasteiger charge is -2.34. The summed E-state index contributed by atoms with van der Waals surface area (Å²) in [6.07, 6.45) is 0. The van der Waals surface area contributed by atoms with Crippen LogP contribution in [0.15, 0.2) is 53.1 Å². The Morgan fingerprint density at radius 3 is 2.50 bits per heavy atom. The Balaban J connectivity index is 1.31. The predicted molar refractivity (Wildman–Crippen MR) is 105 cm³/mol. The highest BCUT2D eigenvalue weighted by atomic mass is 16.5. The molecule has 0 unspecified atom stereocenters. The molecule has 3 aromatic rings. The molecule has 1 amide bonds. The van der Waals surface area contributed by atoms with E-state index in [0.29, 0.717) is 5.69 Å². The van der Waals surface area contributed by atoms with Crippen molar-refractivity contribution in [2.45, 2.75) is 13.5 Å². The molecule has 28 heavy (non-hydrogen) atoms. The van der Waals surface area contributed by atoms with Crippen molar-refractivity contribution in [3.8, 4) is 0 Å². The van der Waals surface area contributed by atoms with Gasteiger partial charge < -0.3 is 14.7 Å². The van der Waals surface area contributed by atoms with Crippen LogP contribution in [-0.2, 0) is 6.54 Å². The summed E-state index contributed by atoms with van der Waals surface area (Å²) in [5.41, 5.74) is 1.99. The second kappa shape index (κ2) is 8.18. The van der Waals surface area contributed by atoms with Crippen LogP contribution in [0.5, 0.6) is 0 Å². The third-order valence-corrected chi connectivity index (χ3v) is 4.67. The van der Waals surface area contributed by atoms with Crippen molar-refractivity contribution in [2.24, 2.45) is 0 Å². The first-order valence-electron chi connectivity index (χ1n) is 9.27. The molecule has 144 valence electrons. The average molecular weight is 378 g/mol. The first-order valence-corrected chi connectivity index (χ1v) is 9.27. The van der Waals surface area contributed by atoms with Gasteiger partial charge in [-0.25, -0.2) is 0 Å². The molecule has 2 aromatic heterocycles. The Bertz CT molecular complexity index is 917. The van der Waals surface area contributed by atoms with Gasteiger partial charge in [-0.2, -0.15) is 0 Å². The van der Waals surface area contributed by atoms with E-state index >= 15 is 0 Å². The number of aromatic nitrogens is 3. The Morgan fingerprint density at radius 2 is 1.86 bits per heavy atom. The normalized spacial score (nSPS) is 14.8. The van der Waals surface area contributed by atoms with Crippen LogP contribution in [0.2, 0.25) is 0 Å². The molecular formula is C20H22N6O2. The number of anilines is 2. The van der Waals surface area contributed by atoms with Gasteiger partial charge in [0.05, 0.1) is 5.69 Å². The van der Waals surface area contributed by atoms with E-state index in [1.807, 2.05) is 49.4 Å². The molecule has 3 heterocycles. The minimum absolute atomic E-state index is 0.266. The van der Waals surface area contributed by atoms with Crippen LogP contribution >= 0.6 is 0 Å². The number of nitrogens with zero attached hydrogens (tertiary/aromatic N) is 5. The average Bonchev–Trinajstić information content (AvgIpc) is 3.14. The lowest BCUT2D eigenvalue weighted by molar-refractivity contribution is 0.102. The van der Waals surface area contributed by atoms with Crippen LogP contribution in [0.4, 0.5) is 11.5 Å². The highest BCUT2D eigenvalue weighted by molar-refractivity contribution is 6.02. The monoisotopic (exact) mass is 378 g/mol. The van der Waals surface area contributed by atoms with Crippen molar-refractivity contribution in [3.63, 3.8) is 0 Å². The quantitative estimate of drug-likeness (QED) is 0.729. The van der Waals surface area contributed by atoms with E-state index in [1.54, 1.807) is 6.07 Å². The van der Waals surface area contributed by atoms with Crippen LogP contribution in [0.3, 0.4) is 0 Å². The van der Waals surface area contributed by atoms with Gasteiger partial charge in [0.2, 0.25) is 0 Å². The minimum atomic E-state index is -0.266. The maximum atomic E-state index is 12.3. The molecule has 0 radical (unpaired) electrons. The molecule has 0 aliphatic carbocycles. The highest BCUT2D eigenvalue weighted by Gasteiger charge is 2.20. The molecule has 8 heteroatoms. The SMILES string of the molecule is Cc1cc(CN2CCN(c3ccc(C(=O)Nc4ccccc4)nn3)CC2)no1. The molecule has 1 aromatic carbocycles. The van der Waals surface area contributed by atoms with E-state index in [-0.39, 0.29) is 5.91 Å². The molecule has 0 atom stereocenters. The number of hydrogen-bond donors (Lipinski definition) is 1. The van der Waals surface area contributed by atoms with Gasteiger partial charge >= 0.3 is 0 Å². The summed E-state index contributed by atoms with van der Waals surface area (Å²) in [7, 11) is 0. The van der Waals surface area contributed by atoms with Gasteiger partial charge in [-0.15, -0.1) is 10.2 Å². The molecule has 0 saturated carbocycles. The van der Waals surface area contributed by atoms with Crippen molar-refractivity contribution in [1.82, 2.24) is 20.3 Å². The lowest BCUT2D eigenvalue weighted by atomic mass is 10.2. The van der Waals surface area contributed by atoms with Crippen LogP contribution in [0, 0.1) is 6.92 Å². The largest absolute Gasteiger partial charge is 0.361 e. The number of piperazine rings is 1. The fourth-order valence-corrected chi connectivity index (χ4v) is 3.19. The van der Waals surface area contributed by atoms with E-state index in [2.05, 4.69) is 30.5 Å². The van der Waals surface area contributed by atoms with Gasteiger partial charge in [-0.05, 0) is 31.2 Å². The van der Waals surface area contributed by atoms with Gasteiger partial charge in [0.1, 0.15) is 5.76 Å². The summed E-state index contributed by atoms with van der Waals surface area (Å²) >= 11 is 0. The third kappa shape index (κ3) is 4.34. The molecule has 1 saturated heterocycles. The van der Waals surface area contributed by atoms with Gasteiger partial charge in [0.25, 0.3) is 5.91 Å². The third-order valence-electron chi connectivity index (χ3n) is 4.67. The Labute approximate surface area is 163 Å². The van der Waals surface area contributed by atoms with E-state index in [4.69, 9.17) is 4.52 Å². The number of aryl methyl sites for hydroxylation is 1. The van der Waals surface area contributed by atoms with E-state index in [1.165, 1.54) is 0 Å². The maximum absolute atomic E-state index is 12.3. The minimum Gasteiger partial charge on any atom is -0.361 e. The number of carbonyl (C=O) groups excluding carboxylic acids is 1. The number of benzene rings is 1. The Hall–Kier alpha value is -3.26. The number of rotatable bonds is 5. The van der Waals surface area contributed by atoms with Crippen LogP contribution in [0.1, 0.15) is 21.9 Å². The molecular weight excluding hydrogens is 356 g/mol.